The molecule has 0 fully saturated rings. The summed E-state index contributed by atoms with van der Waals surface area (Å²) in [6, 6.07) is 12.0. The molecule has 0 bridgehead atoms. The molecule has 2 aromatic carbocycles. The summed E-state index contributed by atoms with van der Waals surface area (Å²) in [5.41, 5.74) is 3.78. The molecule has 196 valence electrons. The molecule has 8 nitrogen and oxygen atoms in total. The lowest BCUT2D eigenvalue weighted by molar-refractivity contribution is 0.0600. The summed E-state index contributed by atoms with van der Waals surface area (Å²) in [5.74, 6) is -1.10. The highest BCUT2D eigenvalue weighted by Crippen LogP contribution is 2.28. The second-order valence-electron chi connectivity index (χ2n) is 11.3. The third kappa shape index (κ3) is 7.06. The van der Waals surface area contributed by atoms with Crippen molar-refractivity contribution in [1.29, 1.82) is 0 Å². The van der Waals surface area contributed by atoms with E-state index in [1.165, 1.54) is 13.2 Å². The average molecular weight is 506 g/mol. The van der Waals surface area contributed by atoms with Crippen LogP contribution in [0.15, 0.2) is 47.0 Å². The maximum absolute atomic E-state index is 13.2. The van der Waals surface area contributed by atoms with E-state index in [-0.39, 0.29) is 28.4 Å². The molecule has 1 aromatic heterocycles. The molecule has 0 radical (unpaired) electrons. The number of hydrogen-bond acceptors (Lipinski definition) is 6. The standard InChI is InChI=1S/C29H35N3O5/c1-17-9-10-21(14-22(17)23-15-24(37-32-23)26(34)30-16-28(2,3)4)31-25(33)18-11-19(27(35)36-8)13-20(12-18)29(5,6)7/h9-15H,16H2,1-8H3,(H,30,34)(H,31,33). The Morgan fingerprint density at radius 2 is 1.59 bits per heavy atom. The molecule has 2 N–H and O–H groups in total. The lowest BCUT2D eigenvalue weighted by Gasteiger charge is -2.21. The molecule has 8 heteroatoms. The van der Waals surface area contributed by atoms with Crippen LogP contribution in [0.4, 0.5) is 5.69 Å². The number of carbonyl (C=O) groups excluding carboxylic acids is 3. The third-order valence-electron chi connectivity index (χ3n) is 5.77. The van der Waals surface area contributed by atoms with Crippen molar-refractivity contribution in [3.8, 4) is 11.3 Å². The second kappa shape index (κ2) is 10.6. The predicted molar refractivity (Wildman–Crippen MR) is 143 cm³/mol. The van der Waals surface area contributed by atoms with Gasteiger partial charge in [-0.25, -0.2) is 4.79 Å². The van der Waals surface area contributed by atoms with Gasteiger partial charge in [0.2, 0.25) is 5.76 Å². The van der Waals surface area contributed by atoms with E-state index in [1.54, 1.807) is 30.3 Å². The van der Waals surface area contributed by atoms with Crippen LogP contribution in [0.3, 0.4) is 0 Å². The van der Waals surface area contributed by atoms with Gasteiger partial charge in [-0.1, -0.05) is 52.8 Å². The first-order chi connectivity index (χ1) is 17.2. The molecular formula is C29H35N3O5. The van der Waals surface area contributed by atoms with Gasteiger partial charge < -0.3 is 19.9 Å². The maximum Gasteiger partial charge on any atom is 0.337 e. The van der Waals surface area contributed by atoms with E-state index in [1.807, 2.05) is 54.5 Å². The molecule has 2 amide bonds. The van der Waals surface area contributed by atoms with Crippen LogP contribution in [0, 0.1) is 12.3 Å². The number of rotatable bonds is 6. The van der Waals surface area contributed by atoms with Gasteiger partial charge in [0.25, 0.3) is 11.8 Å². The molecule has 0 aliphatic rings. The maximum atomic E-state index is 13.2. The Labute approximate surface area is 217 Å². The molecule has 0 atom stereocenters. The fourth-order valence-electron chi connectivity index (χ4n) is 3.55. The zero-order chi connectivity index (χ0) is 27.5. The zero-order valence-electron chi connectivity index (χ0n) is 22.7. The Bertz CT molecular complexity index is 1330. The minimum Gasteiger partial charge on any atom is -0.465 e. The van der Waals surface area contributed by atoms with E-state index in [9.17, 15) is 14.4 Å². The second-order valence-corrected chi connectivity index (χ2v) is 11.3. The highest BCUT2D eigenvalue weighted by molar-refractivity contribution is 6.06. The molecule has 1 heterocycles. The number of aryl methyl sites for hydroxylation is 1. The van der Waals surface area contributed by atoms with Crippen molar-refractivity contribution in [2.75, 3.05) is 19.0 Å². The molecule has 0 aliphatic carbocycles. The van der Waals surface area contributed by atoms with Crippen LogP contribution in [0.5, 0.6) is 0 Å². The number of nitrogens with zero attached hydrogens (tertiary/aromatic N) is 1. The van der Waals surface area contributed by atoms with Crippen LogP contribution >= 0.6 is 0 Å². The van der Waals surface area contributed by atoms with Crippen molar-refractivity contribution in [3.63, 3.8) is 0 Å². The van der Waals surface area contributed by atoms with Gasteiger partial charge in [-0.15, -0.1) is 0 Å². The topological polar surface area (TPSA) is 111 Å². The number of carbonyl (C=O) groups is 3. The Balaban J connectivity index is 1.86. The van der Waals surface area contributed by atoms with Crippen LogP contribution in [-0.2, 0) is 10.2 Å². The van der Waals surface area contributed by atoms with Crippen molar-refractivity contribution in [2.45, 2.75) is 53.9 Å². The molecule has 0 unspecified atom stereocenters. The molecule has 3 rings (SSSR count). The normalized spacial score (nSPS) is 11.7. The monoisotopic (exact) mass is 505 g/mol. The van der Waals surface area contributed by atoms with Crippen molar-refractivity contribution in [2.24, 2.45) is 5.41 Å². The van der Waals surface area contributed by atoms with E-state index in [0.717, 1.165) is 16.7 Å². The van der Waals surface area contributed by atoms with Crippen molar-refractivity contribution < 1.29 is 23.6 Å². The van der Waals surface area contributed by atoms with Crippen LogP contribution < -0.4 is 10.6 Å². The summed E-state index contributed by atoms with van der Waals surface area (Å²) in [6.45, 7) is 14.5. The lowest BCUT2D eigenvalue weighted by Crippen LogP contribution is -2.31. The van der Waals surface area contributed by atoms with Gasteiger partial charge in [0.1, 0.15) is 5.69 Å². The van der Waals surface area contributed by atoms with Gasteiger partial charge in [0.05, 0.1) is 12.7 Å². The summed E-state index contributed by atoms with van der Waals surface area (Å²) in [7, 11) is 1.31. The minimum atomic E-state index is -0.508. The van der Waals surface area contributed by atoms with E-state index >= 15 is 0 Å². The number of benzene rings is 2. The summed E-state index contributed by atoms with van der Waals surface area (Å²) in [6.07, 6.45) is 0. The van der Waals surface area contributed by atoms with Crippen LogP contribution in [0.25, 0.3) is 11.3 Å². The van der Waals surface area contributed by atoms with E-state index < -0.39 is 5.97 Å². The summed E-state index contributed by atoms with van der Waals surface area (Å²) in [4.78, 5) is 37.8. The smallest absolute Gasteiger partial charge is 0.337 e. The fourth-order valence-corrected chi connectivity index (χ4v) is 3.55. The molecular weight excluding hydrogens is 470 g/mol. The number of amides is 2. The minimum absolute atomic E-state index is 0.0638. The van der Waals surface area contributed by atoms with Crippen molar-refractivity contribution in [3.05, 3.63) is 70.5 Å². The van der Waals surface area contributed by atoms with Crippen LogP contribution in [0.1, 0.15) is 83.9 Å². The van der Waals surface area contributed by atoms with Gasteiger partial charge in [-0.2, -0.15) is 0 Å². The number of anilines is 1. The largest absolute Gasteiger partial charge is 0.465 e. The SMILES string of the molecule is COC(=O)c1cc(C(=O)Nc2ccc(C)c(-c3cc(C(=O)NCC(C)(C)C)on3)c2)cc(C(C)(C)C)c1. The Kier molecular flexibility index (Phi) is 7.91. The highest BCUT2D eigenvalue weighted by Gasteiger charge is 2.21. The number of aromatic nitrogens is 1. The first kappa shape index (κ1) is 27.6. The van der Waals surface area contributed by atoms with E-state index in [0.29, 0.717) is 29.1 Å². The molecule has 3 aromatic rings. The van der Waals surface area contributed by atoms with Gasteiger partial charge in [0, 0.05) is 29.4 Å². The van der Waals surface area contributed by atoms with Gasteiger partial charge in [0.15, 0.2) is 0 Å². The number of hydrogen-bond donors (Lipinski definition) is 2. The van der Waals surface area contributed by atoms with Crippen LogP contribution in [-0.4, -0.2) is 36.6 Å². The Morgan fingerprint density at radius 3 is 2.22 bits per heavy atom. The third-order valence-corrected chi connectivity index (χ3v) is 5.77. The first-order valence-corrected chi connectivity index (χ1v) is 12.1. The molecule has 0 spiro atoms. The summed E-state index contributed by atoms with van der Waals surface area (Å²) < 4.78 is 10.2. The molecule has 37 heavy (non-hydrogen) atoms. The van der Waals surface area contributed by atoms with Crippen molar-refractivity contribution >= 4 is 23.5 Å². The van der Waals surface area contributed by atoms with Crippen molar-refractivity contribution in [1.82, 2.24) is 10.5 Å². The van der Waals surface area contributed by atoms with E-state index in [4.69, 9.17) is 9.26 Å². The number of ether oxygens (including phenoxy) is 1. The lowest BCUT2D eigenvalue weighted by atomic mass is 9.85. The predicted octanol–water partition coefficient (Wildman–Crippen LogP) is 5.76. The summed E-state index contributed by atoms with van der Waals surface area (Å²) in [5, 5.41) is 9.81. The average Bonchev–Trinajstić information content (AvgIpc) is 3.32. The number of nitrogens with one attached hydrogen (secondary N) is 2. The Hall–Kier alpha value is -3.94. The van der Waals surface area contributed by atoms with Gasteiger partial charge >= 0.3 is 5.97 Å². The zero-order valence-corrected chi connectivity index (χ0v) is 22.7. The highest BCUT2D eigenvalue weighted by atomic mass is 16.5. The molecule has 0 saturated heterocycles. The molecule has 0 saturated carbocycles. The number of esters is 1. The quantitative estimate of drug-likeness (QED) is 0.412. The molecule has 0 aliphatic heterocycles. The van der Waals surface area contributed by atoms with Gasteiger partial charge in [-0.05, 0) is 59.2 Å². The van der Waals surface area contributed by atoms with Gasteiger partial charge in [-0.3, -0.25) is 9.59 Å². The first-order valence-electron chi connectivity index (χ1n) is 12.1. The van der Waals surface area contributed by atoms with E-state index in [2.05, 4.69) is 15.8 Å². The fraction of sp³-hybridized carbons (Fsp3) is 0.379. The van der Waals surface area contributed by atoms with Crippen LogP contribution in [0.2, 0.25) is 0 Å². The Morgan fingerprint density at radius 1 is 0.919 bits per heavy atom. The number of methoxy groups -OCH3 is 1. The summed E-state index contributed by atoms with van der Waals surface area (Å²) >= 11 is 0.